The summed E-state index contributed by atoms with van der Waals surface area (Å²) in [6.07, 6.45) is 0.932. The lowest BCUT2D eigenvalue weighted by molar-refractivity contribution is -0.139. The van der Waals surface area contributed by atoms with Crippen molar-refractivity contribution in [3.05, 3.63) is 23.8 Å². The Morgan fingerprint density at radius 3 is 2.61 bits per heavy atom. The number of hydrogen-bond acceptors (Lipinski definition) is 4. The van der Waals surface area contributed by atoms with Gasteiger partial charge in [0.05, 0.1) is 23.3 Å². The SMILES string of the molecule is Cc1ccc(NC(=O)C2CC2C(=O)O)cc1N1CCCS1(=O)=O. The molecule has 124 valence electrons. The molecule has 0 radical (unpaired) electrons. The number of carboxylic acids is 1. The Kier molecular flexibility index (Phi) is 3.79. The van der Waals surface area contributed by atoms with Crippen LogP contribution in [0.4, 0.5) is 11.4 Å². The Morgan fingerprint density at radius 2 is 2.04 bits per heavy atom. The fourth-order valence-corrected chi connectivity index (χ4v) is 4.48. The number of hydrogen-bond donors (Lipinski definition) is 2. The van der Waals surface area contributed by atoms with E-state index in [0.717, 1.165) is 5.56 Å². The number of aliphatic carboxylic acids is 1. The predicted molar refractivity (Wildman–Crippen MR) is 84.8 cm³/mol. The first-order valence-corrected chi connectivity index (χ1v) is 9.05. The molecular weight excluding hydrogens is 320 g/mol. The highest BCUT2D eigenvalue weighted by Gasteiger charge is 2.48. The molecule has 1 heterocycles. The van der Waals surface area contributed by atoms with E-state index < -0.39 is 27.8 Å². The van der Waals surface area contributed by atoms with Crippen molar-refractivity contribution in [1.82, 2.24) is 0 Å². The monoisotopic (exact) mass is 338 g/mol. The first-order valence-electron chi connectivity index (χ1n) is 7.44. The quantitative estimate of drug-likeness (QED) is 0.858. The summed E-state index contributed by atoms with van der Waals surface area (Å²) >= 11 is 0. The van der Waals surface area contributed by atoms with E-state index in [4.69, 9.17) is 5.11 Å². The molecule has 7 nitrogen and oxygen atoms in total. The van der Waals surface area contributed by atoms with Gasteiger partial charge in [0.1, 0.15) is 0 Å². The van der Waals surface area contributed by atoms with Crippen LogP contribution in [0.25, 0.3) is 0 Å². The summed E-state index contributed by atoms with van der Waals surface area (Å²) in [6.45, 7) is 2.25. The molecule has 1 aliphatic heterocycles. The van der Waals surface area contributed by atoms with Crippen molar-refractivity contribution in [1.29, 1.82) is 0 Å². The number of carbonyl (C=O) groups excluding carboxylic acids is 1. The molecule has 0 bridgehead atoms. The van der Waals surface area contributed by atoms with Gasteiger partial charge in [0, 0.05) is 12.2 Å². The van der Waals surface area contributed by atoms with E-state index in [1.165, 1.54) is 4.31 Å². The van der Waals surface area contributed by atoms with Crippen LogP contribution >= 0.6 is 0 Å². The van der Waals surface area contributed by atoms with Crippen molar-refractivity contribution >= 4 is 33.3 Å². The number of amides is 1. The van der Waals surface area contributed by atoms with Gasteiger partial charge in [-0.05, 0) is 37.5 Å². The minimum Gasteiger partial charge on any atom is -0.481 e. The topological polar surface area (TPSA) is 104 Å². The third-order valence-corrected chi connectivity index (χ3v) is 6.14. The van der Waals surface area contributed by atoms with Crippen molar-refractivity contribution in [3.8, 4) is 0 Å². The van der Waals surface area contributed by atoms with Crippen LogP contribution in [0.5, 0.6) is 0 Å². The molecule has 1 saturated heterocycles. The molecule has 0 aromatic heterocycles. The van der Waals surface area contributed by atoms with Gasteiger partial charge in [-0.3, -0.25) is 13.9 Å². The number of benzene rings is 1. The van der Waals surface area contributed by atoms with Crippen molar-refractivity contribution < 1.29 is 23.1 Å². The van der Waals surface area contributed by atoms with E-state index in [1.807, 2.05) is 6.92 Å². The number of aryl methyl sites for hydroxylation is 1. The Labute approximate surface area is 134 Å². The van der Waals surface area contributed by atoms with Crippen LogP contribution in [-0.4, -0.2) is 37.7 Å². The Balaban J connectivity index is 1.79. The summed E-state index contributed by atoms with van der Waals surface area (Å²) in [7, 11) is -3.29. The molecule has 2 fully saturated rings. The number of carbonyl (C=O) groups is 2. The van der Waals surface area contributed by atoms with Crippen LogP contribution in [0.1, 0.15) is 18.4 Å². The van der Waals surface area contributed by atoms with E-state index in [-0.39, 0.29) is 11.7 Å². The van der Waals surface area contributed by atoms with E-state index in [1.54, 1.807) is 18.2 Å². The highest BCUT2D eigenvalue weighted by Crippen LogP contribution is 2.39. The fourth-order valence-electron chi connectivity index (χ4n) is 2.86. The average Bonchev–Trinajstić information content (AvgIpc) is 3.20. The molecule has 23 heavy (non-hydrogen) atoms. The molecule has 8 heteroatoms. The molecule has 1 amide bonds. The van der Waals surface area contributed by atoms with Crippen molar-refractivity contribution in [2.45, 2.75) is 19.8 Å². The first kappa shape index (κ1) is 15.8. The predicted octanol–water partition coefficient (Wildman–Crippen LogP) is 1.19. The summed E-state index contributed by atoms with van der Waals surface area (Å²) in [6, 6.07) is 5.08. The zero-order valence-corrected chi connectivity index (χ0v) is 13.5. The second-order valence-electron chi connectivity index (χ2n) is 6.02. The van der Waals surface area contributed by atoms with Gasteiger partial charge < -0.3 is 10.4 Å². The van der Waals surface area contributed by atoms with Gasteiger partial charge in [-0.25, -0.2) is 8.42 Å². The average molecular weight is 338 g/mol. The molecule has 2 aliphatic rings. The molecule has 3 rings (SSSR count). The fraction of sp³-hybridized carbons (Fsp3) is 0.467. The van der Waals surface area contributed by atoms with Crippen LogP contribution in [-0.2, 0) is 19.6 Å². The largest absolute Gasteiger partial charge is 0.481 e. The zero-order chi connectivity index (χ0) is 16.8. The molecule has 2 N–H and O–H groups in total. The number of nitrogens with zero attached hydrogens (tertiary/aromatic N) is 1. The molecule has 2 unspecified atom stereocenters. The third kappa shape index (κ3) is 3.03. The lowest BCUT2D eigenvalue weighted by Crippen LogP contribution is -2.26. The number of anilines is 2. The van der Waals surface area contributed by atoms with Gasteiger partial charge in [-0.2, -0.15) is 0 Å². The third-order valence-electron chi connectivity index (χ3n) is 4.29. The maximum absolute atomic E-state index is 12.1. The standard InChI is InChI=1S/C15H18N2O5S/c1-9-3-4-10(16-14(18)11-8-12(11)15(19)20)7-13(9)17-5-2-6-23(17,21)22/h3-4,7,11-12H,2,5-6,8H2,1H3,(H,16,18)(H,19,20). The summed E-state index contributed by atoms with van der Waals surface area (Å²) in [5.41, 5.74) is 1.85. The Bertz CT molecular complexity index is 774. The summed E-state index contributed by atoms with van der Waals surface area (Å²) < 4.78 is 25.5. The highest BCUT2D eigenvalue weighted by atomic mass is 32.2. The van der Waals surface area contributed by atoms with Gasteiger partial charge in [-0.15, -0.1) is 0 Å². The molecule has 0 spiro atoms. The second kappa shape index (κ2) is 5.52. The summed E-state index contributed by atoms with van der Waals surface area (Å²) in [5.74, 6) is -2.29. The molecule has 1 aromatic rings. The summed E-state index contributed by atoms with van der Waals surface area (Å²) in [4.78, 5) is 22.8. The van der Waals surface area contributed by atoms with Gasteiger partial charge in [0.15, 0.2) is 0 Å². The second-order valence-corrected chi connectivity index (χ2v) is 8.03. The first-order chi connectivity index (χ1) is 10.8. The Morgan fingerprint density at radius 1 is 1.30 bits per heavy atom. The van der Waals surface area contributed by atoms with Gasteiger partial charge in [0.25, 0.3) is 0 Å². The van der Waals surface area contributed by atoms with Crippen LogP contribution in [0.15, 0.2) is 18.2 Å². The minimum atomic E-state index is -3.29. The number of nitrogens with one attached hydrogen (secondary N) is 1. The van der Waals surface area contributed by atoms with Gasteiger partial charge in [-0.1, -0.05) is 6.07 Å². The van der Waals surface area contributed by atoms with Crippen LogP contribution in [0.2, 0.25) is 0 Å². The van der Waals surface area contributed by atoms with Crippen LogP contribution in [0.3, 0.4) is 0 Å². The zero-order valence-electron chi connectivity index (χ0n) is 12.7. The van der Waals surface area contributed by atoms with E-state index in [2.05, 4.69) is 5.32 Å². The number of sulfonamides is 1. The van der Waals surface area contributed by atoms with Gasteiger partial charge >= 0.3 is 5.97 Å². The number of carboxylic acid groups (broad SMARTS) is 1. The normalized spacial score (nSPS) is 25.2. The molecule has 1 aromatic carbocycles. The Hall–Kier alpha value is -2.09. The summed E-state index contributed by atoms with van der Waals surface area (Å²) in [5, 5.41) is 11.6. The minimum absolute atomic E-state index is 0.130. The van der Waals surface area contributed by atoms with E-state index in [9.17, 15) is 18.0 Å². The molecular formula is C15H18N2O5S. The van der Waals surface area contributed by atoms with Crippen LogP contribution < -0.4 is 9.62 Å². The lowest BCUT2D eigenvalue weighted by Gasteiger charge is -2.20. The van der Waals surface area contributed by atoms with E-state index in [0.29, 0.717) is 30.8 Å². The molecule has 1 saturated carbocycles. The van der Waals surface area contributed by atoms with Crippen molar-refractivity contribution in [3.63, 3.8) is 0 Å². The van der Waals surface area contributed by atoms with Gasteiger partial charge in [0.2, 0.25) is 15.9 Å². The van der Waals surface area contributed by atoms with Crippen LogP contribution in [0, 0.1) is 18.8 Å². The highest BCUT2D eigenvalue weighted by molar-refractivity contribution is 7.93. The molecule has 2 atom stereocenters. The van der Waals surface area contributed by atoms with Crippen molar-refractivity contribution in [2.24, 2.45) is 11.8 Å². The maximum atomic E-state index is 12.1. The lowest BCUT2D eigenvalue weighted by atomic mass is 10.1. The van der Waals surface area contributed by atoms with Crippen molar-refractivity contribution in [2.75, 3.05) is 21.9 Å². The maximum Gasteiger partial charge on any atom is 0.307 e. The van der Waals surface area contributed by atoms with E-state index >= 15 is 0 Å². The molecule has 1 aliphatic carbocycles. The smallest absolute Gasteiger partial charge is 0.307 e. The number of rotatable bonds is 4.